The molecule has 34 heavy (non-hydrogen) atoms. The second-order valence-electron chi connectivity index (χ2n) is 8.59. The lowest BCUT2D eigenvalue weighted by atomic mass is 10.1. The SMILES string of the molecule is C=CC(=O)N1CC(NC(=O)Cn2cc(C(=O)N3CCn4c(C)nnc4C3)c3cc(Br)ccc32)C1. The van der Waals surface area contributed by atoms with Gasteiger partial charge in [0.25, 0.3) is 5.91 Å². The number of benzene rings is 1. The minimum absolute atomic E-state index is 0.0742. The third kappa shape index (κ3) is 4.00. The van der Waals surface area contributed by atoms with Gasteiger partial charge >= 0.3 is 0 Å². The summed E-state index contributed by atoms with van der Waals surface area (Å²) >= 11 is 3.49. The van der Waals surface area contributed by atoms with Crippen LogP contribution in [0, 0.1) is 6.92 Å². The van der Waals surface area contributed by atoms with Crippen LogP contribution in [0.25, 0.3) is 10.9 Å². The highest BCUT2D eigenvalue weighted by atomic mass is 79.9. The predicted octanol–water partition coefficient (Wildman–Crippen LogP) is 1.47. The molecule has 1 N–H and O–H groups in total. The second-order valence-corrected chi connectivity index (χ2v) is 9.50. The van der Waals surface area contributed by atoms with Crippen LogP contribution in [0.1, 0.15) is 22.0 Å². The van der Waals surface area contributed by atoms with E-state index < -0.39 is 0 Å². The molecule has 2 aliphatic rings. The Labute approximate surface area is 204 Å². The Morgan fingerprint density at radius 1 is 1.21 bits per heavy atom. The van der Waals surface area contributed by atoms with Crippen LogP contribution in [0.15, 0.2) is 41.5 Å². The number of aromatic nitrogens is 4. The first-order chi connectivity index (χ1) is 16.3. The van der Waals surface area contributed by atoms with Crippen molar-refractivity contribution in [1.82, 2.24) is 34.4 Å². The van der Waals surface area contributed by atoms with Gasteiger partial charge in [0.2, 0.25) is 11.8 Å². The van der Waals surface area contributed by atoms with E-state index in [-0.39, 0.29) is 30.3 Å². The third-order valence-electron chi connectivity index (χ3n) is 6.35. The molecule has 0 spiro atoms. The molecule has 0 bridgehead atoms. The van der Waals surface area contributed by atoms with E-state index in [0.717, 1.165) is 27.0 Å². The lowest BCUT2D eigenvalue weighted by Gasteiger charge is -2.38. The molecule has 1 saturated heterocycles. The lowest BCUT2D eigenvalue weighted by Crippen LogP contribution is -2.61. The standard InChI is InChI=1S/C23H24BrN7O3/c1-3-22(33)30-9-16(10-30)25-21(32)13-29-11-18(17-8-15(24)4-5-19(17)29)23(34)28-6-7-31-14(2)26-27-20(31)12-28/h3-5,8,11,16H,1,6-7,9-10,12-13H2,2H3,(H,25,32). The summed E-state index contributed by atoms with van der Waals surface area (Å²) < 4.78 is 4.68. The smallest absolute Gasteiger partial charge is 0.256 e. The molecule has 0 saturated carbocycles. The van der Waals surface area contributed by atoms with Gasteiger partial charge in [-0.15, -0.1) is 10.2 Å². The van der Waals surface area contributed by atoms with Crippen molar-refractivity contribution in [2.24, 2.45) is 0 Å². The number of carbonyl (C=O) groups is 3. The maximum absolute atomic E-state index is 13.5. The quantitative estimate of drug-likeness (QED) is 0.508. The average molecular weight is 526 g/mol. The molecule has 5 rings (SSSR count). The van der Waals surface area contributed by atoms with E-state index >= 15 is 0 Å². The zero-order chi connectivity index (χ0) is 24.0. The summed E-state index contributed by atoms with van der Waals surface area (Å²) in [5.41, 5.74) is 1.34. The number of nitrogens with one attached hydrogen (secondary N) is 1. The summed E-state index contributed by atoms with van der Waals surface area (Å²) in [6.45, 7) is 8.01. The van der Waals surface area contributed by atoms with E-state index in [4.69, 9.17) is 0 Å². The molecule has 0 atom stereocenters. The fourth-order valence-electron chi connectivity index (χ4n) is 4.52. The first kappa shape index (κ1) is 22.3. The number of hydrogen-bond donors (Lipinski definition) is 1. The van der Waals surface area contributed by atoms with E-state index in [0.29, 0.717) is 38.3 Å². The van der Waals surface area contributed by atoms with Crippen molar-refractivity contribution < 1.29 is 14.4 Å². The molecule has 1 fully saturated rings. The van der Waals surface area contributed by atoms with Crippen molar-refractivity contribution in [3.63, 3.8) is 0 Å². The van der Waals surface area contributed by atoms with Gasteiger partial charge in [-0.25, -0.2) is 0 Å². The Bertz CT molecular complexity index is 1320. The summed E-state index contributed by atoms with van der Waals surface area (Å²) in [4.78, 5) is 41.2. The van der Waals surface area contributed by atoms with Crippen LogP contribution in [0.3, 0.4) is 0 Å². The van der Waals surface area contributed by atoms with Crippen molar-refractivity contribution in [3.05, 3.63) is 58.7 Å². The monoisotopic (exact) mass is 525 g/mol. The van der Waals surface area contributed by atoms with Gasteiger partial charge in [-0.1, -0.05) is 22.5 Å². The van der Waals surface area contributed by atoms with Gasteiger partial charge in [-0.3, -0.25) is 14.4 Å². The molecular weight excluding hydrogens is 502 g/mol. The van der Waals surface area contributed by atoms with Crippen LogP contribution < -0.4 is 5.32 Å². The molecule has 2 aromatic heterocycles. The molecule has 0 unspecified atom stereocenters. The van der Waals surface area contributed by atoms with Crippen LogP contribution in [-0.2, 0) is 29.2 Å². The topological polar surface area (TPSA) is 105 Å². The Balaban J connectivity index is 1.34. The Hall–Kier alpha value is -3.47. The van der Waals surface area contributed by atoms with Gasteiger partial charge in [-0.05, 0) is 31.2 Å². The number of likely N-dealkylation sites (tertiary alicyclic amines) is 1. The van der Waals surface area contributed by atoms with Crippen LogP contribution in [-0.4, -0.2) is 72.5 Å². The molecule has 2 aliphatic heterocycles. The molecule has 10 nitrogen and oxygen atoms in total. The zero-order valence-corrected chi connectivity index (χ0v) is 20.3. The molecule has 0 radical (unpaired) electrons. The van der Waals surface area contributed by atoms with E-state index in [1.165, 1.54) is 6.08 Å². The highest BCUT2D eigenvalue weighted by molar-refractivity contribution is 9.10. The molecule has 0 aliphatic carbocycles. The van der Waals surface area contributed by atoms with E-state index in [1.54, 1.807) is 20.6 Å². The number of rotatable bonds is 5. The van der Waals surface area contributed by atoms with Crippen LogP contribution >= 0.6 is 15.9 Å². The van der Waals surface area contributed by atoms with E-state index in [9.17, 15) is 14.4 Å². The fourth-order valence-corrected chi connectivity index (χ4v) is 4.89. The van der Waals surface area contributed by atoms with Gasteiger partial charge in [0, 0.05) is 47.8 Å². The number of aryl methyl sites for hydroxylation is 1. The average Bonchev–Trinajstić information content (AvgIpc) is 3.34. The van der Waals surface area contributed by atoms with E-state index in [2.05, 4.69) is 38.0 Å². The first-order valence-corrected chi connectivity index (χ1v) is 11.8. The summed E-state index contributed by atoms with van der Waals surface area (Å²) in [5, 5.41) is 12.0. The summed E-state index contributed by atoms with van der Waals surface area (Å²) in [6.07, 6.45) is 3.02. The fraction of sp³-hybridized carbons (Fsp3) is 0.348. The van der Waals surface area contributed by atoms with Crippen LogP contribution in [0.2, 0.25) is 0 Å². The van der Waals surface area contributed by atoms with Crippen molar-refractivity contribution in [2.45, 2.75) is 32.6 Å². The molecule has 176 valence electrons. The highest BCUT2D eigenvalue weighted by Crippen LogP contribution is 2.27. The summed E-state index contributed by atoms with van der Waals surface area (Å²) in [6, 6.07) is 5.61. The second kappa shape index (κ2) is 8.71. The third-order valence-corrected chi connectivity index (χ3v) is 6.84. The van der Waals surface area contributed by atoms with Gasteiger partial charge in [-0.2, -0.15) is 0 Å². The molecule has 3 aromatic rings. The van der Waals surface area contributed by atoms with Crippen molar-refractivity contribution in [3.8, 4) is 0 Å². The number of hydrogen-bond acceptors (Lipinski definition) is 5. The number of amides is 3. The first-order valence-electron chi connectivity index (χ1n) is 11.0. The van der Waals surface area contributed by atoms with Crippen LogP contribution in [0.4, 0.5) is 0 Å². The Morgan fingerprint density at radius 2 is 2.00 bits per heavy atom. The zero-order valence-electron chi connectivity index (χ0n) is 18.7. The summed E-state index contributed by atoms with van der Waals surface area (Å²) in [5.74, 6) is 1.20. The minimum atomic E-state index is -0.170. The maximum Gasteiger partial charge on any atom is 0.256 e. The lowest BCUT2D eigenvalue weighted by molar-refractivity contribution is -0.133. The Morgan fingerprint density at radius 3 is 2.76 bits per heavy atom. The number of fused-ring (bicyclic) bond motifs is 2. The maximum atomic E-state index is 13.5. The van der Waals surface area contributed by atoms with E-state index in [1.807, 2.05) is 29.7 Å². The molecule has 11 heteroatoms. The van der Waals surface area contributed by atoms with Gasteiger partial charge in [0.15, 0.2) is 5.82 Å². The summed E-state index contributed by atoms with van der Waals surface area (Å²) in [7, 11) is 0. The predicted molar refractivity (Wildman–Crippen MR) is 128 cm³/mol. The number of carbonyl (C=O) groups excluding carboxylic acids is 3. The largest absolute Gasteiger partial charge is 0.348 e. The highest BCUT2D eigenvalue weighted by Gasteiger charge is 2.31. The number of halogens is 1. The van der Waals surface area contributed by atoms with Crippen molar-refractivity contribution >= 4 is 44.6 Å². The van der Waals surface area contributed by atoms with Gasteiger partial charge in [0.05, 0.1) is 18.2 Å². The van der Waals surface area contributed by atoms with Crippen LogP contribution in [0.5, 0.6) is 0 Å². The van der Waals surface area contributed by atoms with Gasteiger partial charge in [0.1, 0.15) is 12.4 Å². The molecular formula is C23H24BrN7O3. The normalized spacial score (nSPS) is 15.7. The molecule has 1 aromatic carbocycles. The van der Waals surface area contributed by atoms with Crippen molar-refractivity contribution in [1.29, 1.82) is 0 Å². The number of nitrogens with zero attached hydrogens (tertiary/aromatic N) is 6. The molecule has 4 heterocycles. The van der Waals surface area contributed by atoms with Crippen molar-refractivity contribution in [2.75, 3.05) is 19.6 Å². The van der Waals surface area contributed by atoms with Gasteiger partial charge < -0.3 is 24.3 Å². The minimum Gasteiger partial charge on any atom is -0.348 e. The molecule has 3 amide bonds. The Kier molecular flexibility index (Phi) is 5.72.